The molecule has 0 radical (unpaired) electrons. The molecule has 2 aromatic carbocycles. The summed E-state index contributed by atoms with van der Waals surface area (Å²) < 4.78 is 9.49. The second-order valence-corrected chi connectivity index (χ2v) is 17.9. The molecule has 5 aromatic rings. The van der Waals surface area contributed by atoms with E-state index in [0.717, 1.165) is 155 Å². The molecule has 1 atom stereocenters. The predicted molar refractivity (Wildman–Crippen MR) is 227 cm³/mol. The number of aromatic nitrogens is 6. The van der Waals surface area contributed by atoms with Crippen LogP contribution in [0.2, 0.25) is 0 Å². The average molecular weight is 802 g/mol. The Bertz CT molecular complexity index is 2430. The molecular formula is C44H55N11O4. The first-order chi connectivity index (χ1) is 28.7. The van der Waals surface area contributed by atoms with Crippen molar-refractivity contribution in [3.05, 3.63) is 59.3 Å². The number of aromatic amines is 1. The van der Waals surface area contributed by atoms with Gasteiger partial charge in [-0.2, -0.15) is 5.10 Å². The summed E-state index contributed by atoms with van der Waals surface area (Å²) in [4.78, 5) is 57.4. The highest BCUT2D eigenvalue weighted by atomic mass is 16.5. The Labute approximate surface area is 343 Å². The number of aryl methyl sites for hydroxylation is 1. The van der Waals surface area contributed by atoms with Crippen molar-refractivity contribution in [1.82, 2.24) is 44.4 Å². The topological polar surface area (TPSA) is 150 Å². The molecule has 0 bridgehead atoms. The first kappa shape index (κ1) is 38.0. The minimum absolute atomic E-state index is 0.0377. The van der Waals surface area contributed by atoms with E-state index in [9.17, 15) is 14.4 Å². The molecule has 0 spiro atoms. The lowest BCUT2D eigenvalue weighted by atomic mass is 9.94. The lowest BCUT2D eigenvalue weighted by molar-refractivity contribution is -0.135. The van der Waals surface area contributed by atoms with Gasteiger partial charge < -0.3 is 24.3 Å². The van der Waals surface area contributed by atoms with Crippen molar-refractivity contribution in [3.8, 4) is 17.1 Å². The number of para-hydroxylation sites is 1. The molecule has 5 fully saturated rings. The van der Waals surface area contributed by atoms with E-state index < -0.39 is 11.9 Å². The summed E-state index contributed by atoms with van der Waals surface area (Å²) in [5.41, 5.74) is 5.01. The van der Waals surface area contributed by atoms with Gasteiger partial charge in [-0.25, -0.2) is 14.8 Å². The number of ether oxygens (including phenoxy) is 1. The van der Waals surface area contributed by atoms with E-state index in [1.54, 1.807) is 22.5 Å². The van der Waals surface area contributed by atoms with Crippen LogP contribution in [0.1, 0.15) is 64.3 Å². The number of hydrogen-bond donors (Lipinski definition) is 2. The Morgan fingerprint density at radius 1 is 0.814 bits per heavy atom. The van der Waals surface area contributed by atoms with Crippen molar-refractivity contribution in [3.63, 3.8) is 0 Å². The number of piperidine rings is 3. The highest BCUT2D eigenvalue weighted by Gasteiger charge is 2.40. The number of nitrogens with one attached hydrogen (secondary N) is 2. The number of imidazole rings is 1. The molecule has 15 heteroatoms. The van der Waals surface area contributed by atoms with E-state index in [0.29, 0.717) is 18.3 Å². The van der Waals surface area contributed by atoms with E-state index >= 15 is 0 Å². The van der Waals surface area contributed by atoms with E-state index in [-0.39, 0.29) is 23.6 Å². The van der Waals surface area contributed by atoms with Crippen molar-refractivity contribution in [2.75, 3.05) is 75.2 Å². The van der Waals surface area contributed by atoms with Crippen LogP contribution in [-0.2, 0) is 16.6 Å². The van der Waals surface area contributed by atoms with Gasteiger partial charge in [0.2, 0.25) is 11.8 Å². The fourth-order valence-corrected chi connectivity index (χ4v) is 9.95. The van der Waals surface area contributed by atoms with Crippen LogP contribution in [0.5, 0.6) is 5.75 Å². The number of amides is 2. The van der Waals surface area contributed by atoms with E-state index in [4.69, 9.17) is 4.74 Å². The maximum atomic E-state index is 13.5. The normalized spacial score (nSPS) is 22.4. The summed E-state index contributed by atoms with van der Waals surface area (Å²) in [5.74, 6) is 2.50. The summed E-state index contributed by atoms with van der Waals surface area (Å²) in [7, 11) is 1.78. The van der Waals surface area contributed by atoms with Crippen molar-refractivity contribution < 1.29 is 14.3 Å². The highest BCUT2D eigenvalue weighted by molar-refractivity contribution is 6.00. The van der Waals surface area contributed by atoms with Gasteiger partial charge in [0, 0.05) is 90.4 Å². The number of carbonyl (C=O) groups excluding carboxylic acids is 2. The van der Waals surface area contributed by atoms with Gasteiger partial charge in [0.1, 0.15) is 35.2 Å². The summed E-state index contributed by atoms with van der Waals surface area (Å²) >= 11 is 0. The second-order valence-electron chi connectivity index (χ2n) is 17.9. The Morgan fingerprint density at radius 2 is 1.51 bits per heavy atom. The van der Waals surface area contributed by atoms with Gasteiger partial charge >= 0.3 is 5.69 Å². The van der Waals surface area contributed by atoms with Gasteiger partial charge in [-0.3, -0.25) is 29.1 Å². The van der Waals surface area contributed by atoms with E-state index in [1.807, 2.05) is 24.3 Å². The molecule has 59 heavy (non-hydrogen) atoms. The molecule has 2 amide bonds. The van der Waals surface area contributed by atoms with E-state index in [2.05, 4.69) is 70.2 Å². The first-order valence-corrected chi connectivity index (χ1v) is 21.7. The van der Waals surface area contributed by atoms with Crippen LogP contribution in [0, 0.1) is 11.8 Å². The largest absolute Gasteiger partial charge is 0.488 e. The summed E-state index contributed by atoms with van der Waals surface area (Å²) in [6.45, 7) is 12.8. The SMILES string of the molecule is Cn1c(=O)n(C2CCC(=O)NC2=O)c2cccc(N3CCC(CN4CCN(CC5CCN(c6cc(-c7n[nH]c8ccc(OC9(C)CC9)cc78)ncn6)CC5)CC4)CC3)c21. The molecule has 4 aliphatic heterocycles. The van der Waals surface area contributed by atoms with Crippen molar-refractivity contribution in [2.24, 2.45) is 18.9 Å². The number of carbonyl (C=O) groups is 2. The lowest BCUT2D eigenvalue weighted by Gasteiger charge is -2.41. The number of imide groups is 1. The highest BCUT2D eigenvalue weighted by Crippen LogP contribution is 2.41. The number of benzene rings is 2. The molecule has 3 aromatic heterocycles. The fraction of sp³-hybridized carbons (Fsp3) is 0.545. The molecule has 7 heterocycles. The first-order valence-electron chi connectivity index (χ1n) is 21.7. The average Bonchev–Trinajstić information content (AvgIpc) is 3.73. The Hall–Kier alpha value is -5.28. The Morgan fingerprint density at radius 3 is 2.19 bits per heavy atom. The van der Waals surface area contributed by atoms with E-state index in [1.165, 1.54) is 0 Å². The number of piperazine rings is 1. The van der Waals surface area contributed by atoms with Crippen molar-refractivity contribution in [2.45, 2.75) is 69.9 Å². The molecule has 1 saturated carbocycles. The molecule has 4 saturated heterocycles. The molecule has 310 valence electrons. The molecular weight excluding hydrogens is 747 g/mol. The number of H-pyrrole nitrogens is 1. The maximum absolute atomic E-state index is 13.5. The van der Waals surface area contributed by atoms with Crippen LogP contribution >= 0.6 is 0 Å². The van der Waals surface area contributed by atoms with Crippen molar-refractivity contribution in [1.29, 1.82) is 0 Å². The summed E-state index contributed by atoms with van der Waals surface area (Å²) in [6.07, 6.45) is 8.96. The second kappa shape index (κ2) is 15.4. The van der Waals surface area contributed by atoms with Gasteiger partial charge in [-0.05, 0) is 94.0 Å². The zero-order valence-electron chi connectivity index (χ0n) is 34.2. The van der Waals surface area contributed by atoms with Crippen LogP contribution < -0.4 is 25.5 Å². The molecule has 5 aliphatic rings. The minimum atomic E-state index is -0.677. The third kappa shape index (κ3) is 7.58. The van der Waals surface area contributed by atoms with Crippen LogP contribution in [0.3, 0.4) is 0 Å². The molecule has 1 aliphatic carbocycles. The molecule has 15 nitrogen and oxygen atoms in total. The lowest BCUT2D eigenvalue weighted by Crippen LogP contribution is -2.50. The number of rotatable bonds is 10. The summed E-state index contributed by atoms with van der Waals surface area (Å²) in [6, 6.07) is 13.5. The molecule has 1 unspecified atom stereocenters. The monoisotopic (exact) mass is 801 g/mol. The predicted octanol–water partition coefficient (Wildman–Crippen LogP) is 4.33. The van der Waals surface area contributed by atoms with Gasteiger partial charge in [-0.15, -0.1) is 0 Å². The van der Waals surface area contributed by atoms with Gasteiger partial charge in [-0.1, -0.05) is 6.07 Å². The van der Waals surface area contributed by atoms with Crippen LogP contribution in [0.25, 0.3) is 33.3 Å². The molecule has 2 N–H and O–H groups in total. The zero-order chi connectivity index (χ0) is 40.3. The maximum Gasteiger partial charge on any atom is 0.329 e. The van der Waals surface area contributed by atoms with Gasteiger partial charge in [0.05, 0.1) is 27.9 Å². The Kier molecular flexibility index (Phi) is 9.90. The van der Waals surface area contributed by atoms with Crippen LogP contribution in [-0.4, -0.2) is 122 Å². The number of hydrogen-bond acceptors (Lipinski definition) is 11. The fourth-order valence-electron chi connectivity index (χ4n) is 9.95. The van der Waals surface area contributed by atoms with Gasteiger partial charge in [0.25, 0.3) is 0 Å². The smallest absolute Gasteiger partial charge is 0.329 e. The number of anilines is 2. The standard InChI is InChI=1S/C44H55N11O4/c1-44(14-15-44)59-31-6-7-33-32(24-31)40(49-48-33)34-25-38(46-28-45-34)54-18-12-30(13-19-54)27-52-22-20-51(21-23-52)26-29-10-16-53(17-11-29)35-4-3-5-36-41(35)50(2)43(58)55(36)37-8-9-39(56)47-42(37)57/h3-7,24-25,28-30,37H,8-23,26-27H2,1-2H3,(H,48,49)(H,47,56,57). The zero-order valence-corrected chi connectivity index (χ0v) is 34.2. The summed E-state index contributed by atoms with van der Waals surface area (Å²) in [5, 5.41) is 11.2. The molecule has 10 rings (SSSR count). The number of nitrogens with zero attached hydrogens (tertiary/aromatic N) is 9. The Balaban J connectivity index is 0.689. The van der Waals surface area contributed by atoms with Gasteiger partial charge in [0.15, 0.2) is 0 Å². The van der Waals surface area contributed by atoms with Crippen LogP contribution in [0.4, 0.5) is 11.5 Å². The minimum Gasteiger partial charge on any atom is -0.488 e. The number of fused-ring (bicyclic) bond motifs is 2. The third-order valence-electron chi connectivity index (χ3n) is 13.7. The van der Waals surface area contributed by atoms with Crippen molar-refractivity contribution >= 4 is 45.3 Å². The van der Waals surface area contributed by atoms with Crippen LogP contribution in [0.15, 0.2) is 53.6 Å². The third-order valence-corrected chi connectivity index (χ3v) is 13.7. The quantitative estimate of drug-likeness (QED) is 0.195.